The molecule has 1 atom stereocenters. The quantitative estimate of drug-likeness (QED) is 0.802. The molecule has 1 aromatic rings. The van der Waals surface area contributed by atoms with Crippen molar-refractivity contribution in [1.29, 1.82) is 0 Å². The second kappa shape index (κ2) is 7.76. The fourth-order valence-electron chi connectivity index (χ4n) is 2.11. The van der Waals surface area contributed by atoms with Crippen LogP contribution in [0.25, 0.3) is 0 Å². The molecule has 1 unspecified atom stereocenters. The third-order valence-electron chi connectivity index (χ3n) is 3.50. The van der Waals surface area contributed by atoms with Gasteiger partial charge in [0.05, 0.1) is 4.90 Å². The molecule has 5 heteroatoms. The van der Waals surface area contributed by atoms with E-state index in [1.165, 1.54) is 0 Å². The lowest BCUT2D eigenvalue weighted by Crippen LogP contribution is -2.38. The highest BCUT2D eigenvalue weighted by atomic mass is 32.2. The van der Waals surface area contributed by atoms with Crippen LogP contribution < -0.4 is 5.32 Å². The molecule has 0 fully saturated rings. The SMILES string of the molecule is CCNCc1ccc(S(=O)(=O)N(CC)C(C)CC)cc1. The Morgan fingerprint density at radius 2 is 1.75 bits per heavy atom. The third-order valence-corrected chi connectivity index (χ3v) is 5.61. The Labute approximate surface area is 123 Å². The van der Waals surface area contributed by atoms with Crippen LogP contribution >= 0.6 is 0 Å². The minimum atomic E-state index is -3.39. The number of nitrogens with one attached hydrogen (secondary N) is 1. The van der Waals surface area contributed by atoms with Crippen LogP contribution in [0.5, 0.6) is 0 Å². The predicted molar refractivity (Wildman–Crippen MR) is 83.1 cm³/mol. The number of hydrogen-bond donors (Lipinski definition) is 1. The van der Waals surface area contributed by atoms with Gasteiger partial charge in [0.25, 0.3) is 0 Å². The van der Waals surface area contributed by atoms with Gasteiger partial charge in [-0.25, -0.2) is 8.42 Å². The lowest BCUT2D eigenvalue weighted by Gasteiger charge is -2.26. The summed E-state index contributed by atoms with van der Waals surface area (Å²) in [5.74, 6) is 0. The fourth-order valence-corrected chi connectivity index (χ4v) is 3.82. The molecule has 0 spiro atoms. The van der Waals surface area contributed by atoms with Crippen molar-refractivity contribution in [3.63, 3.8) is 0 Å². The normalized spacial score (nSPS) is 13.7. The number of rotatable bonds is 8. The fraction of sp³-hybridized carbons (Fsp3) is 0.600. The van der Waals surface area contributed by atoms with E-state index in [-0.39, 0.29) is 6.04 Å². The van der Waals surface area contributed by atoms with E-state index >= 15 is 0 Å². The van der Waals surface area contributed by atoms with Crippen molar-refractivity contribution < 1.29 is 8.42 Å². The van der Waals surface area contributed by atoms with E-state index in [0.29, 0.717) is 11.4 Å². The Hall–Kier alpha value is -0.910. The van der Waals surface area contributed by atoms with Gasteiger partial charge in [-0.1, -0.05) is 32.9 Å². The Balaban J connectivity index is 2.97. The monoisotopic (exact) mass is 298 g/mol. The van der Waals surface area contributed by atoms with Gasteiger partial charge < -0.3 is 5.32 Å². The average Bonchev–Trinajstić information content (AvgIpc) is 2.45. The Morgan fingerprint density at radius 3 is 2.20 bits per heavy atom. The molecule has 0 aliphatic carbocycles. The summed E-state index contributed by atoms with van der Waals surface area (Å²) in [4.78, 5) is 0.375. The first-order valence-electron chi connectivity index (χ1n) is 7.28. The molecule has 0 aliphatic heterocycles. The number of benzene rings is 1. The molecule has 20 heavy (non-hydrogen) atoms. The number of hydrogen-bond acceptors (Lipinski definition) is 3. The van der Waals surface area contributed by atoms with E-state index in [2.05, 4.69) is 5.32 Å². The second-order valence-electron chi connectivity index (χ2n) is 4.89. The minimum absolute atomic E-state index is 0.0198. The molecule has 1 aromatic carbocycles. The molecule has 0 aromatic heterocycles. The Morgan fingerprint density at radius 1 is 1.15 bits per heavy atom. The molecular formula is C15H26N2O2S. The van der Waals surface area contributed by atoms with Crippen molar-refractivity contribution in [2.45, 2.75) is 51.6 Å². The summed E-state index contributed by atoms with van der Waals surface area (Å²) in [6, 6.07) is 7.17. The first-order chi connectivity index (χ1) is 9.47. The van der Waals surface area contributed by atoms with Crippen LogP contribution in [0.1, 0.15) is 39.7 Å². The zero-order chi connectivity index (χ0) is 15.2. The van der Waals surface area contributed by atoms with Crippen LogP contribution in [0, 0.1) is 0 Å². The molecular weight excluding hydrogens is 272 g/mol. The maximum Gasteiger partial charge on any atom is 0.243 e. The van der Waals surface area contributed by atoms with E-state index in [4.69, 9.17) is 0 Å². The molecule has 0 amide bonds. The topological polar surface area (TPSA) is 49.4 Å². The molecule has 4 nitrogen and oxygen atoms in total. The van der Waals surface area contributed by atoms with Gasteiger partial charge >= 0.3 is 0 Å². The smallest absolute Gasteiger partial charge is 0.243 e. The Bertz CT molecular complexity index is 497. The van der Waals surface area contributed by atoms with Gasteiger partial charge in [-0.05, 0) is 37.6 Å². The molecule has 0 saturated carbocycles. The van der Waals surface area contributed by atoms with Crippen molar-refractivity contribution in [1.82, 2.24) is 9.62 Å². The van der Waals surface area contributed by atoms with E-state index in [1.54, 1.807) is 16.4 Å². The van der Waals surface area contributed by atoms with Gasteiger partial charge in [-0.2, -0.15) is 4.31 Å². The van der Waals surface area contributed by atoms with E-state index in [1.807, 2.05) is 39.8 Å². The van der Waals surface area contributed by atoms with Gasteiger partial charge in [-0.3, -0.25) is 0 Å². The number of nitrogens with zero attached hydrogens (tertiary/aromatic N) is 1. The van der Waals surface area contributed by atoms with Gasteiger partial charge in [0.2, 0.25) is 10.0 Å². The number of sulfonamides is 1. The lowest BCUT2D eigenvalue weighted by atomic mass is 10.2. The third kappa shape index (κ3) is 4.04. The zero-order valence-corrected chi connectivity index (χ0v) is 13.7. The van der Waals surface area contributed by atoms with Crippen molar-refractivity contribution in [2.24, 2.45) is 0 Å². The van der Waals surface area contributed by atoms with Gasteiger partial charge in [0, 0.05) is 19.1 Å². The van der Waals surface area contributed by atoms with Gasteiger partial charge in [0.15, 0.2) is 0 Å². The van der Waals surface area contributed by atoms with Crippen LogP contribution in [0.15, 0.2) is 29.2 Å². The van der Waals surface area contributed by atoms with Crippen LogP contribution in [-0.4, -0.2) is 31.9 Å². The van der Waals surface area contributed by atoms with Crippen LogP contribution in [0.3, 0.4) is 0 Å². The lowest BCUT2D eigenvalue weighted by molar-refractivity contribution is 0.342. The summed E-state index contributed by atoms with van der Waals surface area (Å²) in [5.41, 5.74) is 1.09. The summed E-state index contributed by atoms with van der Waals surface area (Å²) in [5, 5.41) is 3.22. The van der Waals surface area contributed by atoms with Crippen molar-refractivity contribution in [2.75, 3.05) is 13.1 Å². The first kappa shape index (κ1) is 17.1. The van der Waals surface area contributed by atoms with Gasteiger partial charge in [0.1, 0.15) is 0 Å². The van der Waals surface area contributed by atoms with E-state index < -0.39 is 10.0 Å². The highest BCUT2D eigenvalue weighted by Crippen LogP contribution is 2.19. The standard InChI is InChI=1S/C15H26N2O2S/c1-5-13(4)17(7-3)20(18,19)15-10-8-14(9-11-15)12-16-6-2/h8-11,13,16H,5-7,12H2,1-4H3. The van der Waals surface area contributed by atoms with Crippen molar-refractivity contribution in [3.8, 4) is 0 Å². The molecule has 0 aliphatic rings. The summed E-state index contributed by atoms with van der Waals surface area (Å²) >= 11 is 0. The predicted octanol–water partition coefficient (Wildman–Crippen LogP) is 2.61. The molecule has 1 rings (SSSR count). The highest BCUT2D eigenvalue weighted by molar-refractivity contribution is 7.89. The zero-order valence-electron chi connectivity index (χ0n) is 12.9. The highest BCUT2D eigenvalue weighted by Gasteiger charge is 2.26. The maximum absolute atomic E-state index is 12.6. The molecule has 0 saturated heterocycles. The minimum Gasteiger partial charge on any atom is -0.313 e. The summed E-state index contributed by atoms with van der Waals surface area (Å²) < 4.78 is 26.8. The average molecular weight is 298 g/mol. The van der Waals surface area contributed by atoms with E-state index in [0.717, 1.165) is 25.1 Å². The molecule has 0 radical (unpaired) electrons. The van der Waals surface area contributed by atoms with Crippen molar-refractivity contribution >= 4 is 10.0 Å². The summed E-state index contributed by atoms with van der Waals surface area (Å²) in [6.45, 7) is 10.0. The van der Waals surface area contributed by atoms with Crippen LogP contribution in [0.2, 0.25) is 0 Å². The second-order valence-corrected chi connectivity index (χ2v) is 6.78. The maximum atomic E-state index is 12.6. The first-order valence-corrected chi connectivity index (χ1v) is 8.72. The Kier molecular flexibility index (Phi) is 6.65. The largest absolute Gasteiger partial charge is 0.313 e. The van der Waals surface area contributed by atoms with Crippen LogP contribution in [-0.2, 0) is 16.6 Å². The molecule has 1 N–H and O–H groups in total. The molecule has 0 bridgehead atoms. The molecule has 114 valence electrons. The molecule has 0 heterocycles. The van der Waals surface area contributed by atoms with Crippen molar-refractivity contribution in [3.05, 3.63) is 29.8 Å². The van der Waals surface area contributed by atoms with Gasteiger partial charge in [-0.15, -0.1) is 0 Å². The summed E-state index contributed by atoms with van der Waals surface area (Å²) in [7, 11) is -3.39. The summed E-state index contributed by atoms with van der Waals surface area (Å²) in [6.07, 6.45) is 0.811. The van der Waals surface area contributed by atoms with E-state index in [9.17, 15) is 8.42 Å². The van der Waals surface area contributed by atoms with Crippen LogP contribution in [0.4, 0.5) is 0 Å².